The molecule has 2 aromatic carbocycles. The van der Waals surface area contributed by atoms with Gasteiger partial charge in [-0.3, -0.25) is 4.79 Å². The van der Waals surface area contributed by atoms with E-state index in [1.807, 2.05) is 26.0 Å². The van der Waals surface area contributed by atoms with E-state index in [0.717, 1.165) is 5.57 Å². The van der Waals surface area contributed by atoms with Crippen molar-refractivity contribution < 1.29 is 9.36 Å². The van der Waals surface area contributed by atoms with E-state index < -0.39 is 7.14 Å². The molecule has 2 aromatic rings. The van der Waals surface area contributed by atoms with Gasteiger partial charge in [-0.25, -0.2) is 0 Å². The standard InChI is InChI=1S/C17H17O2P/c1-14(2)13-17(18)20(19,15-9-5-3-6-10-15)16-11-7-4-8-12-16/h3-13H,1-2H3. The van der Waals surface area contributed by atoms with E-state index in [2.05, 4.69) is 0 Å². The van der Waals surface area contributed by atoms with Crippen LogP contribution < -0.4 is 10.6 Å². The monoisotopic (exact) mass is 284 g/mol. The molecular weight excluding hydrogens is 267 g/mol. The lowest BCUT2D eigenvalue weighted by atomic mass is 10.3. The van der Waals surface area contributed by atoms with Crippen LogP contribution in [0.2, 0.25) is 0 Å². The van der Waals surface area contributed by atoms with Crippen LogP contribution in [0.4, 0.5) is 0 Å². The number of benzene rings is 2. The smallest absolute Gasteiger partial charge is 0.222 e. The maximum absolute atomic E-state index is 13.5. The van der Waals surface area contributed by atoms with Gasteiger partial charge in [0.1, 0.15) is 0 Å². The first-order chi connectivity index (χ1) is 9.55. The van der Waals surface area contributed by atoms with E-state index in [4.69, 9.17) is 0 Å². The number of carbonyl (C=O) groups is 1. The van der Waals surface area contributed by atoms with Gasteiger partial charge in [0.05, 0.1) is 0 Å². The van der Waals surface area contributed by atoms with E-state index in [9.17, 15) is 9.36 Å². The largest absolute Gasteiger partial charge is 0.305 e. The van der Waals surface area contributed by atoms with E-state index >= 15 is 0 Å². The first-order valence-corrected chi connectivity index (χ1v) is 8.16. The zero-order chi connectivity index (χ0) is 14.6. The van der Waals surface area contributed by atoms with Gasteiger partial charge in [-0.2, -0.15) is 0 Å². The summed E-state index contributed by atoms with van der Waals surface area (Å²) in [4.78, 5) is 12.5. The molecule has 0 heterocycles. The first kappa shape index (κ1) is 14.5. The summed E-state index contributed by atoms with van der Waals surface area (Å²) in [6.07, 6.45) is 1.47. The van der Waals surface area contributed by atoms with Crippen LogP contribution in [0.1, 0.15) is 13.8 Å². The predicted octanol–water partition coefficient (Wildman–Crippen LogP) is 3.49. The van der Waals surface area contributed by atoms with Crippen LogP contribution in [0.3, 0.4) is 0 Å². The van der Waals surface area contributed by atoms with Gasteiger partial charge in [-0.05, 0) is 19.9 Å². The third kappa shape index (κ3) is 2.81. The number of rotatable bonds is 4. The fourth-order valence-corrected chi connectivity index (χ4v) is 4.45. The predicted molar refractivity (Wildman–Crippen MR) is 84.2 cm³/mol. The third-order valence-electron chi connectivity index (χ3n) is 2.96. The summed E-state index contributed by atoms with van der Waals surface area (Å²) in [6.45, 7) is 3.66. The Balaban J connectivity index is 2.65. The topological polar surface area (TPSA) is 34.1 Å². The third-order valence-corrected chi connectivity index (χ3v) is 5.76. The van der Waals surface area contributed by atoms with Crippen molar-refractivity contribution in [3.05, 3.63) is 72.3 Å². The Bertz CT molecular complexity index is 625. The van der Waals surface area contributed by atoms with Crippen molar-refractivity contribution in [2.45, 2.75) is 13.8 Å². The SMILES string of the molecule is CC(C)=CC(=O)P(=O)(c1ccccc1)c1ccccc1. The minimum atomic E-state index is -3.28. The van der Waals surface area contributed by atoms with Gasteiger partial charge >= 0.3 is 0 Å². The summed E-state index contributed by atoms with van der Waals surface area (Å²) in [5.41, 5.74) is 0.525. The van der Waals surface area contributed by atoms with Crippen LogP contribution in [0.15, 0.2) is 72.3 Å². The Morgan fingerprint density at radius 3 is 1.60 bits per heavy atom. The molecule has 0 aliphatic heterocycles. The quantitative estimate of drug-likeness (QED) is 0.636. The molecule has 2 nitrogen and oxygen atoms in total. The van der Waals surface area contributed by atoms with Crippen molar-refractivity contribution >= 4 is 23.3 Å². The molecule has 2 rings (SSSR count). The fourth-order valence-electron chi connectivity index (χ4n) is 2.02. The minimum absolute atomic E-state index is 0.324. The fraction of sp³-hybridized carbons (Fsp3) is 0.118. The number of allylic oxidation sites excluding steroid dienone is 2. The Morgan fingerprint density at radius 2 is 1.25 bits per heavy atom. The zero-order valence-corrected chi connectivity index (χ0v) is 12.5. The number of hydrogen-bond acceptors (Lipinski definition) is 2. The Kier molecular flexibility index (Phi) is 4.36. The van der Waals surface area contributed by atoms with Crippen LogP contribution in [-0.2, 0) is 9.36 Å². The lowest BCUT2D eigenvalue weighted by molar-refractivity contribution is -0.107. The number of carbonyl (C=O) groups excluding carboxylic acids is 1. The molecule has 0 atom stereocenters. The molecule has 0 fully saturated rings. The number of hydrogen-bond donors (Lipinski definition) is 0. The van der Waals surface area contributed by atoms with Gasteiger partial charge in [0.2, 0.25) is 12.7 Å². The van der Waals surface area contributed by atoms with Crippen molar-refractivity contribution in [1.82, 2.24) is 0 Å². The van der Waals surface area contributed by atoms with Crippen LogP contribution in [0.25, 0.3) is 0 Å². The summed E-state index contributed by atoms with van der Waals surface area (Å²) in [5.74, 6) is 0. The zero-order valence-electron chi connectivity index (χ0n) is 11.6. The molecule has 0 N–H and O–H groups in total. The van der Waals surface area contributed by atoms with E-state index in [-0.39, 0.29) is 5.52 Å². The second-order valence-corrected chi connectivity index (χ2v) is 7.53. The molecule has 0 aliphatic carbocycles. The van der Waals surface area contributed by atoms with Gasteiger partial charge in [0.25, 0.3) is 0 Å². The molecule has 3 heteroatoms. The maximum Gasteiger partial charge on any atom is 0.222 e. The van der Waals surface area contributed by atoms with Crippen LogP contribution >= 0.6 is 7.14 Å². The van der Waals surface area contributed by atoms with Crippen LogP contribution in [0.5, 0.6) is 0 Å². The lowest BCUT2D eigenvalue weighted by Crippen LogP contribution is -2.21. The highest BCUT2D eigenvalue weighted by molar-refractivity contribution is 7.93. The van der Waals surface area contributed by atoms with E-state index in [1.54, 1.807) is 48.5 Å². The maximum atomic E-state index is 13.5. The van der Waals surface area contributed by atoms with Gasteiger partial charge in [0, 0.05) is 10.6 Å². The van der Waals surface area contributed by atoms with Crippen molar-refractivity contribution in [1.29, 1.82) is 0 Å². The van der Waals surface area contributed by atoms with Gasteiger partial charge in [-0.1, -0.05) is 66.2 Å². The molecular formula is C17H17O2P. The minimum Gasteiger partial charge on any atom is -0.305 e. The average molecular weight is 284 g/mol. The molecule has 0 bridgehead atoms. The van der Waals surface area contributed by atoms with Crippen molar-refractivity contribution in [2.24, 2.45) is 0 Å². The second-order valence-electron chi connectivity index (χ2n) is 4.84. The Morgan fingerprint density at radius 1 is 0.850 bits per heavy atom. The molecule has 20 heavy (non-hydrogen) atoms. The first-order valence-electron chi connectivity index (χ1n) is 6.46. The highest BCUT2D eigenvalue weighted by atomic mass is 31.2. The normalized spacial score (nSPS) is 10.9. The van der Waals surface area contributed by atoms with E-state index in [0.29, 0.717) is 10.6 Å². The molecule has 0 unspecified atom stereocenters. The Hall–Kier alpha value is -1.92. The molecule has 0 amide bonds. The molecule has 0 radical (unpaired) electrons. The van der Waals surface area contributed by atoms with Gasteiger partial charge in [0.15, 0.2) is 0 Å². The summed E-state index contributed by atoms with van der Waals surface area (Å²) < 4.78 is 13.5. The highest BCUT2D eigenvalue weighted by Crippen LogP contribution is 2.44. The second kappa shape index (κ2) is 6.02. The summed E-state index contributed by atoms with van der Waals surface area (Å²) in [6, 6.07) is 17.9. The van der Waals surface area contributed by atoms with Crippen molar-refractivity contribution in [3.63, 3.8) is 0 Å². The van der Waals surface area contributed by atoms with Gasteiger partial charge < -0.3 is 4.57 Å². The molecule has 0 saturated carbocycles. The van der Waals surface area contributed by atoms with Crippen molar-refractivity contribution in [3.8, 4) is 0 Å². The van der Waals surface area contributed by atoms with E-state index in [1.165, 1.54) is 6.08 Å². The van der Waals surface area contributed by atoms with Crippen LogP contribution in [-0.4, -0.2) is 5.52 Å². The molecule has 0 saturated heterocycles. The molecule has 0 aliphatic rings. The van der Waals surface area contributed by atoms with Crippen molar-refractivity contribution in [2.75, 3.05) is 0 Å². The summed E-state index contributed by atoms with van der Waals surface area (Å²) in [5, 5.41) is 1.16. The molecule has 0 spiro atoms. The lowest BCUT2D eigenvalue weighted by Gasteiger charge is -2.16. The highest BCUT2D eigenvalue weighted by Gasteiger charge is 2.33. The Labute approximate surface area is 119 Å². The average Bonchev–Trinajstić information content (AvgIpc) is 2.47. The molecule has 0 aromatic heterocycles. The summed E-state index contributed by atoms with van der Waals surface area (Å²) >= 11 is 0. The molecule has 102 valence electrons. The summed E-state index contributed by atoms with van der Waals surface area (Å²) in [7, 11) is -3.28. The van der Waals surface area contributed by atoms with Gasteiger partial charge in [-0.15, -0.1) is 0 Å². The van der Waals surface area contributed by atoms with Crippen LogP contribution in [0, 0.1) is 0 Å².